The van der Waals surface area contributed by atoms with E-state index in [0.717, 1.165) is 10.5 Å². The first kappa shape index (κ1) is 25.6. The smallest absolute Gasteiger partial charge is 0.192 e. The molecular weight excluding hydrogens is 418 g/mol. The molecule has 0 radical (unpaired) electrons. The second-order valence-electron chi connectivity index (χ2n) is 9.92. The van der Waals surface area contributed by atoms with Gasteiger partial charge >= 0.3 is 0 Å². The van der Waals surface area contributed by atoms with Gasteiger partial charge in [0.25, 0.3) is 0 Å². The second-order valence-corrected chi connectivity index (χ2v) is 16.9. The summed E-state index contributed by atoms with van der Waals surface area (Å²) in [6.45, 7) is 15.8. The summed E-state index contributed by atoms with van der Waals surface area (Å²) in [5.41, 5.74) is 1.16. The SMILES string of the molecule is CN=S(=O)(/C=C/[C@@H](C(C)C)[C@@H](O[Si](C)(C)C(C)(C)C)c1ccccc1)c1ccccc1. The topological polar surface area (TPSA) is 38.7 Å². The third-order valence-corrected chi connectivity index (χ3v) is 12.8. The first-order valence-corrected chi connectivity index (χ1v) is 15.5. The van der Waals surface area contributed by atoms with Crippen LogP contribution in [0.1, 0.15) is 46.3 Å². The highest BCUT2D eigenvalue weighted by molar-refractivity contribution is 7.96. The summed E-state index contributed by atoms with van der Waals surface area (Å²) in [7, 11) is -3.03. The average Bonchev–Trinajstić information content (AvgIpc) is 2.73. The molecule has 0 spiro atoms. The van der Waals surface area contributed by atoms with Crippen molar-refractivity contribution in [2.75, 3.05) is 7.05 Å². The van der Waals surface area contributed by atoms with Crippen LogP contribution < -0.4 is 0 Å². The first-order chi connectivity index (χ1) is 14.4. The Balaban J connectivity index is 2.53. The predicted molar refractivity (Wildman–Crippen MR) is 136 cm³/mol. The van der Waals surface area contributed by atoms with Crippen LogP contribution in [0.25, 0.3) is 0 Å². The largest absolute Gasteiger partial charge is 0.409 e. The number of hydrogen-bond donors (Lipinski definition) is 0. The van der Waals surface area contributed by atoms with Crippen LogP contribution in [0.4, 0.5) is 0 Å². The molecule has 2 aromatic rings. The standard InChI is InChI=1S/C26H39NO2SSi/c1-21(2)24(19-20-30(28,27-6)23-17-13-10-14-18-23)25(22-15-11-9-12-16-22)29-31(7,8)26(3,4)5/h9-21,24-25H,1-8H3/b20-19+/t24-,25-,30?/m0/s1. The molecule has 31 heavy (non-hydrogen) atoms. The van der Waals surface area contributed by atoms with E-state index >= 15 is 0 Å². The van der Waals surface area contributed by atoms with Crippen LogP contribution in [0.15, 0.2) is 81.4 Å². The van der Waals surface area contributed by atoms with Gasteiger partial charge in [-0.15, -0.1) is 0 Å². The molecule has 0 aromatic heterocycles. The number of hydrogen-bond acceptors (Lipinski definition) is 3. The van der Waals surface area contributed by atoms with Crippen LogP contribution in [0.5, 0.6) is 0 Å². The van der Waals surface area contributed by atoms with Crippen molar-refractivity contribution < 1.29 is 8.63 Å². The van der Waals surface area contributed by atoms with Gasteiger partial charge in [0.2, 0.25) is 0 Å². The number of nitrogens with zero attached hydrogens (tertiary/aromatic N) is 1. The maximum Gasteiger partial charge on any atom is 0.192 e. The maximum absolute atomic E-state index is 13.6. The van der Waals surface area contributed by atoms with Crippen molar-refractivity contribution >= 4 is 18.0 Å². The van der Waals surface area contributed by atoms with Crippen molar-refractivity contribution in [3.8, 4) is 0 Å². The molecule has 0 saturated carbocycles. The molecule has 170 valence electrons. The van der Waals surface area contributed by atoms with Gasteiger partial charge in [-0.1, -0.05) is 89.2 Å². The lowest BCUT2D eigenvalue weighted by Gasteiger charge is -2.42. The molecule has 0 amide bonds. The van der Waals surface area contributed by atoms with Gasteiger partial charge < -0.3 is 4.43 Å². The third-order valence-electron chi connectivity index (χ3n) is 6.31. The van der Waals surface area contributed by atoms with E-state index in [1.807, 2.05) is 36.4 Å². The molecule has 3 nitrogen and oxygen atoms in total. The Hall–Kier alpha value is -1.69. The number of rotatable bonds is 8. The summed E-state index contributed by atoms with van der Waals surface area (Å²) in [5, 5.41) is 1.90. The molecule has 5 heteroatoms. The van der Waals surface area contributed by atoms with Crippen molar-refractivity contribution in [2.45, 2.75) is 63.8 Å². The van der Waals surface area contributed by atoms with Crippen LogP contribution in [0.2, 0.25) is 18.1 Å². The van der Waals surface area contributed by atoms with Crippen LogP contribution in [-0.2, 0) is 14.2 Å². The van der Waals surface area contributed by atoms with Crippen molar-refractivity contribution in [1.82, 2.24) is 0 Å². The fraction of sp³-hybridized carbons (Fsp3) is 0.462. The minimum atomic E-state index is -2.62. The quantitative estimate of drug-likeness (QED) is 0.381. The highest BCUT2D eigenvalue weighted by Crippen LogP contribution is 2.43. The second kappa shape index (κ2) is 10.3. The zero-order valence-corrected chi connectivity index (χ0v) is 22.1. The maximum atomic E-state index is 13.6. The van der Waals surface area contributed by atoms with Crippen molar-refractivity contribution in [3.05, 3.63) is 77.7 Å². The van der Waals surface area contributed by atoms with E-state index in [2.05, 4.69) is 82.4 Å². The van der Waals surface area contributed by atoms with E-state index in [1.165, 1.54) is 0 Å². The molecule has 0 aliphatic heterocycles. The zero-order chi connectivity index (χ0) is 23.3. The lowest BCUT2D eigenvalue weighted by molar-refractivity contribution is 0.117. The van der Waals surface area contributed by atoms with Crippen molar-refractivity contribution in [2.24, 2.45) is 16.2 Å². The van der Waals surface area contributed by atoms with Crippen LogP contribution >= 0.6 is 0 Å². The molecule has 0 aliphatic rings. The lowest BCUT2D eigenvalue weighted by Crippen LogP contribution is -2.43. The van der Waals surface area contributed by atoms with E-state index in [0.29, 0.717) is 5.92 Å². The summed E-state index contributed by atoms with van der Waals surface area (Å²) in [6, 6.07) is 19.9. The normalized spacial score (nSPS) is 16.8. The first-order valence-electron chi connectivity index (χ1n) is 11.0. The van der Waals surface area contributed by atoms with Gasteiger partial charge in [0.05, 0.1) is 20.7 Å². The predicted octanol–water partition coefficient (Wildman–Crippen LogP) is 7.69. The monoisotopic (exact) mass is 457 g/mol. The van der Waals surface area contributed by atoms with Gasteiger partial charge in [0, 0.05) is 18.4 Å². The summed E-state index contributed by atoms with van der Waals surface area (Å²) in [5.74, 6) is 0.380. The minimum absolute atomic E-state index is 0.0720. The summed E-state index contributed by atoms with van der Waals surface area (Å²) in [4.78, 5) is 0.734. The van der Waals surface area contributed by atoms with Crippen molar-refractivity contribution in [3.63, 3.8) is 0 Å². The highest BCUT2D eigenvalue weighted by atomic mass is 32.2. The molecule has 0 heterocycles. The van der Waals surface area contributed by atoms with Gasteiger partial charge in [-0.05, 0) is 41.7 Å². The fourth-order valence-corrected chi connectivity index (χ4v) is 5.95. The molecule has 0 N–H and O–H groups in total. The van der Waals surface area contributed by atoms with E-state index in [1.54, 1.807) is 12.5 Å². The summed E-state index contributed by atoms with van der Waals surface area (Å²) >= 11 is 0. The Morgan fingerprint density at radius 1 is 0.968 bits per heavy atom. The Labute approximate surface area is 191 Å². The molecule has 2 rings (SSSR count). The molecule has 0 fully saturated rings. The van der Waals surface area contributed by atoms with E-state index in [9.17, 15) is 4.21 Å². The number of benzene rings is 2. The Morgan fingerprint density at radius 3 is 1.94 bits per heavy atom. The molecule has 2 aromatic carbocycles. The van der Waals surface area contributed by atoms with Crippen LogP contribution in [0.3, 0.4) is 0 Å². The zero-order valence-electron chi connectivity index (χ0n) is 20.3. The highest BCUT2D eigenvalue weighted by Gasteiger charge is 2.41. The van der Waals surface area contributed by atoms with Gasteiger partial charge in [-0.2, -0.15) is 0 Å². The Morgan fingerprint density at radius 2 is 1.48 bits per heavy atom. The van der Waals surface area contributed by atoms with Gasteiger partial charge in [0.1, 0.15) is 0 Å². The van der Waals surface area contributed by atoms with E-state index < -0.39 is 18.0 Å². The van der Waals surface area contributed by atoms with Gasteiger partial charge in [-0.3, -0.25) is 0 Å². The third kappa shape index (κ3) is 6.40. The van der Waals surface area contributed by atoms with Crippen molar-refractivity contribution in [1.29, 1.82) is 0 Å². The van der Waals surface area contributed by atoms with Gasteiger partial charge in [0.15, 0.2) is 8.32 Å². The molecule has 3 atom stereocenters. The van der Waals surface area contributed by atoms with E-state index in [4.69, 9.17) is 4.43 Å². The molecule has 1 unspecified atom stereocenters. The van der Waals surface area contributed by atoms with Gasteiger partial charge in [-0.25, -0.2) is 8.57 Å². The fourth-order valence-electron chi connectivity index (χ4n) is 3.24. The summed E-state index contributed by atoms with van der Waals surface area (Å²) < 4.78 is 24.9. The van der Waals surface area contributed by atoms with E-state index in [-0.39, 0.29) is 17.1 Å². The molecule has 0 aliphatic carbocycles. The molecule has 0 saturated heterocycles. The van der Waals surface area contributed by atoms with Crippen LogP contribution in [0, 0.1) is 11.8 Å². The average molecular weight is 458 g/mol. The van der Waals surface area contributed by atoms with Crippen LogP contribution in [-0.4, -0.2) is 19.6 Å². The lowest BCUT2D eigenvalue weighted by atomic mass is 9.87. The minimum Gasteiger partial charge on any atom is -0.409 e. The Bertz CT molecular complexity index is 969. The molecular formula is C26H39NO2SSi. The summed E-state index contributed by atoms with van der Waals surface area (Å²) in [6.07, 6.45) is 1.98. The Kier molecular flexibility index (Phi) is 8.48. The molecule has 0 bridgehead atoms.